The zero-order chi connectivity index (χ0) is 18.6. The van der Waals surface area contributed by atoms with Crippen molar-refractivity contribution >= 4 is 29.9 Å². The second kappa shape index (κ2) is 9.95. The zero-order valence-electron chi connectivity index (χ0n) is 15.6. The van der Waals surface area contributed by atoms with Gasteiger partial charge in [-0.2, -0.15) is 13.2 Å². The smallest absolute Gasteiger partial charge is 0.357 e. The Morgan fingerprint density at radius 2 is 2.00 bits per heavy atom. The third kappa shape index (κ3) is 6.81. The Balaban J connectivity index is 0.00000261. The summed E-state index contributed by atoms with van der Waals surface area (Å²) in [6, 6.07) is 6.16. The topological polar surface area (TPSA) is 39.7 Å². The minimum atomic E-state index is -4.32. The maximum Gasteiger partial charge on any atom is 0.416 e. The van der Waals surface area contributed by atoms with E-state index in [0.29, 0.717) is 24.0 Å². The van der Waals surface area contributed by atoms with Crippen molar-refractivity contribution in [1.29, 1.82) is 0 Å². The molecule has 0 bridgehead atoms. The van der Waals surface area contributed by atoms with Crippen LogP contribution in [0.1, 0.15) is 37.3 Å². The van der Waals surface area contributed by atoms with Crippen LogP contribution in [-0.4, -0.2) is 43.1 Å². The molecule has 1 atom stereocenters. The number of aliphatic imine (C=N–C) groups is 1. The zero-order valence-corrected chi connectivity index (χ0v) is 17.9. The lowest BCUT2D eigenvalue weighted by atomic mass is 10.1. The Morgan fingerprint density at radius 1 is 1.22 bits per heavy atom. The minimum absolute atomic E-state index is 0. The summed E-state index contributed by atoms with van der Waals surface area (Å²) in [5.41, 5.74) is -0.0768. The predicted molar refractivity (Wildman–Crippen MR) is 112 cm³/mol. The van der Waals surface area contributed by atoms with Crippen LogP contribution in [0.3, 0.4) is 0 Å². The van der Waals surface area contributed by atoms with Crippen molar-refractivity contribution in [2.24, 2.45) is 10.9 Å². The molecule has 152 valence electrons. The summed E-state index contributed by atoms with van der Waals surface area (Å²) in [7, 11) is 0. The van der Waals surface area contributed by atoms with Crippen molar-refractivity contribution in [3.63, 3.8) is 0 Å². The van der Waals surface area contributed by atoms with Crippen molar-refractivity contribution in [2.75, 3.05) is 26.2 Å². The number of rotatable bonds is 6. The average molecular weight is 496 g/mol. The second-order valence-corrected chi connectivity index (χ2v) is 7.16. The van der Waals surface area contributed by atoms with Crippen LogP contribution in [0.15, 0.2) is 29.3 Å². The Kier molecular flexibility index (Phi) is 8.20. The van der Waals surface area contributed by atoms with E-state index in [0.717, 1.165) is 31.3 Å². The predicted octanol–water partition coefficient (Wildman–Crippen LogP) is 3.86. The molecule has 1 heterocycles. The lowest BCUT2D eigenvalue weighted by Gasteiger charge is -2.17. The Bertz CT molecular complexity index is 632. The highest BCUT2D eigenvalue weighted by molar-refractivity contribution is 14.0. The number of benzene rings is 1. The molecule has 27 heavy (non-hydrogen) atoms. The highest BCUT2D eigenvalue weighted by Gasteiger charge is 2.34. The van der Waals surface area contributed by atoms with E-state index in [1.807, 2.05) is 6.92 Å². The first-order chi connectivity index (χ1) is 12.5. The van der Waals surface area contributed by atoms with E-state index >= 15 is 0 Å². The van der Waals surface area contributed by atoms with Gasteiger partial charge in [0.25, 0.3) is 0 Å². The molecule has 1 saturated carbocycles. The number of likely N-dealkylation sites (tertiary alicyclic amines) is 1. The number of hydrogen-bond donors (Lipinski definition) is 2. The average Bonchev–Trinajstić information content (AvgIpc) is 3.35. The van der Waals surface area contributed by atoms with Gasteiger partial charge < -0.3 is 15.5 Å². The molecule has 8 heteroatoms. The SMILES string of the molecule is CCNC(=NCc1cccc(C(F)(F)F)c1)NCC1CCN(C2CC2)C1.I. The van der Waals surface area contributed by atoms with Crippen molar-refractivity contribution in [3.05, 3.63) is 35.4 Å². The molecule has 0 aromatic heterocycles. The normalized spacial score (nSPS) is 21.0. The number of alkyl halides is 3. The van der Waals surface area contributed by atoms with Crippen LogP contribution in [0.2, 0.25) is 0 Å². The highest BCUT2D eigenvalue weighted by atomic mass is 127. The van der Waals surface area contributed by atoms with Crippen LogP contribution in [0.25, 0.3) is 0 Å². The fourth-order valence-electron chi connectivity index (χ4n) is 3.40. The van der Waals surface area contributed by atoms with E-state index in [-0.39, 0.29) is 30.5 Å². The lowest BCUT2D eigenvalue weighted by Crippen LogP contribution is -2.40. The minimum Gasteiger partial charge on any atom is -0.357 e. The molecule has 1 aliphatic carbocycles. The molecule has 0 radical (unpaired) electrons. The monoisotopic (exact) mass is 496 g/mol. The van der Waals surface area contributed by atoms with Crippen LogP contribution in [0.5, 0.6) is 0 Å². The van der Waals surface area contributed by atoms with Crippen LogP contribution < -0.4 is 10.6 Å². The summed E-state index contributed by atoms with van der Waals surface area (Å²) in [4.78, 5) is 7.02. The van der Waals surface area contributed by atoms with E-state index in [1.165, 1.54) is 31.9 Å². The van der Waals surface area contributed by atoms with E-state index in [2.05, 4.69) is 20.5 Å². The first-order valence-corrected chi connectivity index (χ1v) is 9.38. The Morgan fingerprint density at radius 3 is 2.67 bits per heavy atom. The number of hydrogen-bond acceptors (Lipinski definition) is 2. The highest BCUT2D eigenvalue weighted by Crippen LogP contribution is 2.31. The van der Waals surface area contributed by atoms with Crippen LogP contribution in [0.4, 0.5) is 13.2 Å². The first-order valence-electron chi connectivity index (χ1n) is 9.38. The molecule has 1 aromatic carbocycles. The van der Waals surface area contributed by atoms with Crippen LogP contribution in [-0.2, 0) is 12.7 Å². The molecule has 1 saturated heterocycles. The van der Waals surface area contributed by atoms with Gasteiger partial charge in [-0.25, -0.2) is 4.99 Å². The molecule has 3 rings (SSSR count). The van der Waals surface area contributed by atoms with Crippen LogP contribution in [0, 0.1) is 5.92 Å². The number of guanidine groups is 1. The standard InChI is InChI=1S/C19H27F3N4.HI/c1-2-23-18(25-12-15-8-9-26(13-15)17-6-7-17)24-11-14-4-3-5-16(10-14)19(20,21)22;/h3-5,10,15,17H,2,6-9,11-13H2,1H3,(H2,23,24,25);1H. The second-order valence-electron chi connectivity index (χ2n) is 7.16. The Labute approximate surface area is 176 Å². The van der Waals surface area contributed by atoms with E-state index in [1.54, 1.807) is 6.07 Å². The quantitative estimate of drug-likeness (QED) is 0.357. The van der Waals surface area contributed by atoms with Gasteiger partial charge >= 0.3 is 6.18 Å². The largest absolute Gasteiger partial charge is 0.416 e. The van der Waals surface area contributed by atoms with E-state index < -0.39 is 11.7 Å². The van der Waals surface area contributed by atoms with Gasteiger partial charge in [0.15, 0.2) is 5.96 Å². The molecule has 4 nitrogen and oxygen atoms in total. The molecule has 2 N–H and O–H groups in total. The molecule has 0 amide bonds. The molecule has 1 unspecified atom stereocenters. The van der Waals surface area contributed by atoms with Gasteiger partial charge in [-0.05, 0) is 56.3 Å². The molecular formula is C19H28F3IN4. The molecular weight excluding hydrogens is 468 g/mol. The van der Waals surface area contributed by atoms with E-state index in [9.17, 15) is 13.2 Å². The van der Waals surface area contributed by atoms with Crippen LogP contribution >= 0.6 is 24.0 Å². The first kappa shape index (κ1) is 22.3. The van der Waals surface area contributed by atoms with Gasteiger partial charge in [0, 0.05) is 25.7 Å². The lowest BCUT2D eigenvalue weighted by molar-refractivity contribution is -0.137. The van der Waals surface area contributed by atoms with Gasteiger partial charge in [0.05, 0.1) is 12.1 Å². The van der Waals surface area contributed by atoms with Crippen molar-refractivity contribution < 1.29 is 13.2 Å². The van der Waals surface area contributed by atoms with Gasteiger partial charge in [-0.3, -0.25) is 0 Å². The maximum atomic E-state index is 12.8. The number of halogens is 4. The van der Waals surface area contributed by atoms with Crippen molar-refractivity contribution in [3.8, 4) is 0 Å². The molecule has 2 fully saturated rings. The van der Waals surface area contributed by atoms with E-state index in [4.69, 9.17) is 0 Å². The molecule has 0 spiro atoms. The van der Waals surface area contributed by atoms with Gasteiger partial charge in [0.1, 0.15) is 0 Å². The summed E-state index contributed by atoms with van der Waals surface area (Å²) < 4.78 is 38.4. The number of nitrogens with zero attached hydrogens (tertiary/aromatic N) is 2. The fraction of sp³-hybridized carbons (Fsp3) is 0.632. The van der Waals surface area contributed by atoms with Crippen molar-refractivity contribution in [2.45, 2.75) is 44.9 Å². The van der Waals surface area contributed by atoms with Gasteiger partial charge in [0.2, 0.25) is 0 Å². The summed E-state index contributed by atoms with van der Waals surface area (Å²) >= 11 is 0. The van der Waals surface area contributed by atoms with Gasteiger partial charge in [-0.15, -0.1) is 24.0 Å². The summed E-state index contributed by atoms with van der Waals surface area (Å²) in [5.74, 6) is 1.27. The summed E-state index contributed by atoms with van der Waals surface area (Å²) in [6.45, 7) is 6.06. The van der Waals surface area contributed by atoms with Gasteiger partial charge in [-0.1, -0.05) is 12.1 Å². The number of nitrogens with one attached hydrogen (secondary N) is 2. The van der Waals surface area contributed by atoms with Crippen molar-refractivity contribution in [1.82, 2.24) is 15.5 Å². The third-order valence-electron chi connectivity index (χ3n) is 4.96. The Hall–Kier alpha value is -1.03. The fourth-order valence-corrected chi connectivity index (χ4v) is 3.40. The summed E-state index contributed by atoms with van der Waals surface area (Å²) in [6.07, 6.45) is -0.461. The molecule has 1 aliphatic heterocycles. The molecule has 2 aliphatic rings. The maximum absolute atomic E-state index is 12.8. The molecule has 1 aromatic rings. The summed E-state index contributed by atoms with van der Waals surface area (Å²) in [5, 5.41) is 6.52. The third-order valence-corrected chi connectivity index (χ3v) is 4.96.